The second-order valence-electron chi connectivity index (χ2n) is 6.95. The first kappa shape index (κ1) is 16.4. The van der Waals surface area contributed by atoms with E-state index in [-0.39, 0.29) is 11.5 Å². The zero-order chi connectivity index (χ0) is 19.3. The molecule has 28 heavy (non-hydrogen) atoms. The van der Waals surface area contributed by atoms with E-state index >= 15 is 0 Å². The molecule has 5 heteroatoms. The highest BCUT2D eigenvalue weighted by Gasteiger charge is 2.23. The summed E-state index contributed by atoms with van der Waals surface area (Å²) in [6, 6.07) is 15.1. The van der Waals surface area contributed by atoms with Crippen LogP contribution in [0.25, 0.3) is 28.2 Å². The van der Waals surface area contributed by atoms with E-state index < -0.39 is 0 Å². The summed E-state index contributed by atoms with van der Waals surface area (Å²) >= 11 is 0. The Morgan fingerprint density at radius 1 is 1.11 bits per heavy atom. The number of benzene rings is 2. The molecule has 0 saturated heterocycles. The van der Waals surface area contributed by atoms with Gasteiger partial charge < -0.3 is 19.5 Å². The highest BCUT2D eigenvalue weighted by molar-refractivity contribution is 5.99. The maximum absolute atomic E-state index is 10.1. The lowest BCUT2D eigenvalue weighted by molar-refractivity contribution is 0.430. The van der Waals surface area contributed by atoms with Gasteiger partial charge in [0.15, 0.2) is 0 Å². The van der Waals surface area contributed by atoms with Crippen molar-refractivity contribution in [3.05, 3.63) is 77.8 Å². The molecule has 3 heterocycles. The monoisotopic (exact) mass is 370 g/mol. The minimum Gasteiger partial charge on any atom is -0.508 e. The summed E-state index contributed by atoms with van der Waals surface area (Å²) < 4.78 is 7.89. The van der Waals surface area contributed by atoms with Crippen LogP contribution in [0.3, 0.4) is 0 Å². The lowest BCUT2D eigenvalue weighted by Gasteiger charge is -2.05. The second kappa shape index (κ2) is 6.16. The van der Waals surface area contributed by atoms with Crippen LogP contribution in [0, 0.1) is 0 Å². The Balaban J connectivity index is 1.65. The van der Waals surface area contributed by atoms with Crippen LogP contribution in [0.5, 0.6) is 17.2 Å². The molecule has 0 unspecified atom stereocenters. The maximum atomic E-state index is 10.1. The summed E-state index contributed by atoms with van der Waals surface area (Å²) in [5.74, 6) is 1.23. The number of allylic oxidation sites excluding steroid dienone is 1. The van der Waals surface area contributed by atoms with Crippen molar-refractivity contribution in [1.29, 1.82) is 0 Å². The predicted molar refractivity (Wildman–Crippen MR) is 108 cm³/mol. The van der Waals surface area contributed by atoms with Crippen LogP contribution >= 0.6 is 0 Å². The summed E-state index contributed by atoms with van der Waals surface area (Å²) in [5.41, 5.74) is 4.80. The number of hydrogen-bond acceptors (Lipinski definition) is 4. The highest BCUT2D eigenvalue weighted by atomic mass is 16.5. The van der Waals surface area contributed by atoms with Crippen LogP contribution in [0.4, 0.5) is 0 Å². The molecule has 138 valence electrons. The molecule has 4 aromatic rings. The van der Waals surface area contributed by atoms with E-state index in [4.69, 9.17) is 4.74 Å². The fourth-order valence-corrected chi connectivity index (χ4v) is 3.80. The molecule has 2 aromatic carbocycles. The average molecular weight is 370 g/mol. The van der Waals surface area contributed by atoms with Gasteiger partial charge in [0.05, 0.1) is 0 Å². The number of phenolic OH excluding ortho intramolecular Hbond substituents is 2. The van der Waals surface area contributed by atoms with Crippen LogP contribution in [0.2, 0.25) is 0 Å². The van der Waals surface area contributed by atoms with E-state index in [1.54, 1.807) is 0 Å². The minimum atomic E-state index is -0.0155. The highest BCUT2D eigenvalue weighted by Crippen LogP contribution is 2.41. The molecule has 1 aliphatic heterocycles. The van der Waals surface area contributed by atoms with Gasteiger partial charge in [-0.05, 0) is 23.3 Å². The molecule has 0 spiro atoms. The number of aromatic nitrogens is 2. The van der Waals surface area contributed by atoms with Crippen LogP contribution in [-0.4, -0.2) is 19.8 Å². The molecule has 2 aromatic heterocycles. The lowest BCUT2D eigenvalue weighted by Crippen LogP contribution is -1.89. The summed E-state index contributed by atoms with van der Waals surface area (Å²) in [4.78, 5) is 4.55. The van der Waals surface area contributed by atoms with Gasteiger partial charge in [0.2, 0.25) is 0 Å². The Labute approximate surface area is 161 Å². The normalized spacial score (nSPS) is 14.4. The number of rotatable bonds is 2. The van der Waals surface area contributed by atoms with Crippen molar-refractivity contribution in [2.45, 2.75) is 6.42 Å². The zero-order valence-corrected chi connectivity index (χ0v) is 15.3. The molecule has 2 N–H and O–H groups in total. The number of nitrogens with zero attached hydrogens (tertiary/aromatic N) is 2. The van der Waals surface area contributed by atoms with Gasteiger partial charge in [-0.2, -0.15) is 0 Å². The van der Waals surface area contributed by atoms with E-state index in [0.29, 0.717) is 23.5 Å². The van der Waals surface area contributed by atoms with Gasteiger partial charge in [0.25, 0.3) is 0 Å². The number of aryl methyl sites for hydroxylation is 1. The van der Waals surface area contributed by atoms with E-state index in [1.807, 2.05) is 54.3 Å². The van der Waals surface area contributed by atoms with Gasteiger partial charge in [0.1, 0.15) is 28.7 Å². The van der Waals surface area contributed by atoms with Crippen molar-refractivity contribution in [2.24, 2.45) is 7.05 Å². The second-order valence-corrected chi connectivity index (χ2v) is 6.95. The third-order valence-electron chi connectivity index (χ3n) is 5.05. The third-order valence-corrected chi connectivity index (χ3v) is 5.05. The first-order valence-corrected chi connectivity index (χ1v) is 9.03. The van der Waals surface area contributed by atoms with E-state index in [9.17, 15) is 10.2 Å². The molecule has 5 nitrogen and oxygen atoms in total. The topological polar surface area (TPSA) is 67.5 Å². The number of fused-ring (bicyclic) bond motifs is 2. The Morgan fingerprint density at radius 2 is 1.93 bits per heavy atom. The number of pyridine rings is 1. The van der Waals surface area contributed by atoms with Gasteiger partial charge in [-0.1, -0.05) is 30.3 Å². The number of ether oxygens (including phenoxy) is 1. The third kappa shape index (κ3) is 2.60. The molecule has 1 aliphatic rings. The SMILES string of the molecule is Cn1cc(C=C2Cc3c(O)cc(O)cc3O2)c2c(-c3ccccc3)ccnc21. The first-order valence-electron chi connectivity index (χ1n) is 9.03. The summed E-state index contributed by atoms with van der Waals surface area (Å²) in [6.45, 7) is 0. The van der Waals surface area contributed by atoms with Gasteiger partial charge in [0, 0.05) is 54.5 Å². The molecular weight excluding hydrogens is 352 g/mol. The van der Waals surface area contributed by atoms with Crippen molar-refractivity contribution in [1.82, 2.24) is 9.55 Å². The average Bonchev–Trinajstić information content (AvgIpc) is 3.24. The van der Waals surface area contributed by atoms with Crippen LogP contribution < -0.4 is 4.74 Å². The molecule has 0 bridgehead atoms. The minimum absolute atomic E-state index is 0.0155. The summed E-state index contributed by atoms with van der Waals surface area (Å²) in [6.07, 6.45) is 6.30. The number of hydrogen-bond donors (Lipinski definition) is 2. The molecule has 0 fully saturated rings. The van der Waals surface area contributed by atoms with Crippen molar-refractivity contribution >= 4 is 17.1 Å². The molecule has 0 saturated carbocycles. The largest absolute Gasteiger partial charge is 0.508 e. The quantitative estimate of drug-likeness (QED) is 0.540. The molecule has 0 radical (unpaired) electrons. The first-order chi connectivity index (χ1) is 13.6. The zero-order valence-electron chi connectivity index (χ0n) is 15.3. The predicted octanol–water partition coefficient (Wildman–Crippen LogP) is 4.63. The smallest absolute Gasteiger partial charge is 0.140 e. The van der Waals surface area contributed by atoms with Gasteiger partial charge in [-0.3, -0.25) is 0 Å². The Kier molecular flexibility index (Phi) is 3.62. The van der Waals surface area contributed by atoms with Gasteiger partial charge >= 0.3 is 0 Å². The van der Waals surface area contributed by atoms with Crippen LogP contribution in [0.1, 0.15) is 11.1 Å². The molecule has 0 atom stereocenters. The standard InChI is InChI=1S/C23H18N2O3/c1-25-13-15(9-17-12-19-20(27)10-16(26)11-21(19)28-17)22-18(7-8-24-23(22)25)14-5-3-2-4-6-14/h2-11,13,26-27H,12H2,1H3. The molecular formula is C23H18N2O3. The van der Waals surface area contributed by atoms with Gasteiger partial charge in [-0.15, -0.1) is 0 Å². The van der Waals surface area contributed by atoms with Crippen LogP contribution in [0.15, 0.2) is 66.7 Å². The maximum Gasteiger partial charge on any atom is 0.140 e. The number of aromatic hydroxyl groups is 2. The van der Waals surface area contributed by atoms with Crippen molar-refractivity contribution in [3.63, 3.8) is 0 Å². The Morgan fingerprint density at radius 3 is 2.75 bits per heavy atom. The molecule has 5 rings (SSSR count). The Hall–Kier alpha value is -3.73. The van der Waals surface area contributed by atoms with Crippen molar-refractivity contribution in [2.75, 3.05) is 0 Å². The van der Waals surface area contributed by atoms with E-state index in [2.05, 4.69) is 17.1 Å². The van der Waals surface area contributed by atoms with E-state index in [1.165, 1.54) is 12.1 Å². The Bertz CT molecular complexity index is 1240. The van der Waals surface area contributed by atoms with Crippen LogP contribution in [-0.2, 0) is 13.5 Å². The fourth-order valence-electron chi connectivity index (χ4n) is 3.80. The fraction of sp³-hybridized carbons (Fsp3) is 0.0870. The molecule has 0 aliphatic carbocycles. The lowest BCUT2D eigenvalue weighted by atomic mass is 10.0. The summed E-state index contributed by atoms with van der Waals surface area (Å²) in [5, 5.41) is 20.8. The van der Waals surface area contributed by atoms with Crippen molar-refractivity contribution in [3.8, 4) is 28.4 Å². The summed E-state index contributed by atoms with van der Waals surface area (Å²) in [7, 11) is 1.97. The van der Waals surface area contributed by atoms with Crippen molar-refractivity contribution < 1.29 is 14.9 Å². The molecule has 0 amide bonds. The number of phenols is 2. The van der Waals surface area contributed by atoms with Gasteiger partial charge in [-0.25, -0.2) is 4.98 Å². The van der Waals surface area contributed by atoms with E-state index in [0.717, 1.165) is 27.7 Å².